The Morgan fingerprint density at radius 1 is 1.42 bits per heavy atom. The van der Waals surface area contributed by atoms with Crippen LogP contribution in [0.3, 0.4) is 0 Å². The van der Waals surface area contributed by atoms with Gasteiger partial charge in [0.2, 0.25) is 0 Å². The van der Waals surface area contributed by atoms with E-state index < -0.39 is 12.0 Å². The number of carboxylic acids is 1. The van der Waals surface area contributed by atoms with Crippen LogP contribution in [0.15, 0.2) is 35.2 Å². The van der Waals surface area contributed by atoms with Crippen molar-refractivity contribution in [3.05, 3.63) is 52.1 Å². The zero-order valence-electron chi connectivity index (χ0n) is 13.0. The number of hydrogen-bond acceptors (Lipinski definition) is 5. The first-order chi connectivity index (χ1) is 11.1. The second kappa shape index (κ2) is 6.44. The van der Waals surface area contributed by atoms with Crippen molar-refractivity contribution in [3.63, 3.8) is 0 Å². The van der Waals surface area contributed by atoms with Crippen LogP contribution >= 0.6 is 11.3 Å². The van der Waals surface area contributed by atoms with Gasteiger partial charge in [-0.3, -0.25) is 4.79 Å². The van der Waals surface area contributed by atoms with E-state index in [1.54, 1.807) is 10.9 Å². The second-order valence-electron chi connectivity index (χ2n) is 5.48. The molecule has 4 rings (SSSR count). The summed E-state index contributed by atoms with van der Waals surface area (Å²) in [6.45, 7) is 0.265. The summed E-state index contributed by atoms with van der Waals surface area (Å²) in [4.78, 5) is 32.7. The van der Waals surface area contributed by atoms with Crippen molar-refractivity contribution in [1.29, 1.82) is 0 Å². The molecule has 0 saturated heterocycles. The summed E-state index contributed by atoms with van der Waals surface area (Å²) >= 11 is 1.39. The molecule has 1 atom stereocenters. The van der Waals surface area contributed by atoms with Crippen molar-refractivity contribution >= 4 is 34.1 Å². The fourth-order valence-electron chi connectivity index (χ4n) is 3.04. The number of aromatic amines is 1. The molecule has 0 saturated carbocycles. The number of para-hydroxylation sites is 1. The van der Waals surface area contributed by atoms with Crippen LogP contribution in [0.25, 0.3) is 10.9 Å². The third-order valence-corrected chi connectivity index (χ3v) is 4.79. The molecule has 1 aliphatic rings. The zero-order chi connectivity index (χ0) is 16.0. The van der Waals surface area contributed by atoms with Crippen molar-refractivity contribution in [2.75, 3.05) is 0 Å². The fourth-order valence-corrected chi connectivity index (χ4v) is 3.61. The van der Waals surface area contributed by atoms with Gasteiger partial charge in [0.25, 0.3) is 5.91 Å². The molecule has 1 amide bonds. The molecule has 0 spiro atoms. The Morgan fingerprint density at radius 3 is 2.92 bits per heavy atom. The number of aliphatic carboxylic acids is 1. The number of amides is 1. The van der Waals surface area contributed by atoms with Gasteiger partial charge in [-0.25, -0.2) is 4.98 Å². The molecule has 3 aromatic rings. The topological polar surface area (TPSA) is 89.1 Å². The standard InChI is InChI=1S/C16H13N3O3S.Li/c20-15-14-11(10-3-1-2-4-12(10)18-14)6-19(15)13(16(21)22)5-9-7-23-8-17-9;/h1-4,7-8,13,18H,5-6H2,(H,21,22);/q;+1/p-1. The van der Waals surface area contributed by atoms with E-state index in [2.05, 4.69) is 9.97 Å². The van der Waals surface area contributed by atoms with Gasteiger partial charge in [0, 0.05) is 34.8 Å². The molecule has 116 valence electrons. The number of carboxylic acid groups (broad SMARTS) is 1. The summed E-state index contributed by atoms with van der Waals surface area (Å²) in [5, 5.41) is 14.3. The van der Waals surface area contributed by atoms with Gasteiger partial charge >= 0.3 is 18.9 Å². The van der Waals surface area contributed by atoms with E-state index in [-0.39, 0.29) is 37.7 Å². The van der Waals surface area contributed by atoms with Crippen LogP contribution in [0.2, 0.25) is 0 Å². The predicted octanol–water partition coefficient (Wildman–Crippen LogP) is -2.05. The van der Waals surface area contributed by atoms with Crippen LogP contribution in [-0.4, -0.2) is 32.8 Å². The number of hydrogen-bond donors (Lipinski definition) is 1. The Hall–Kier alpha value is -2.07. The smallest absolute Gasteiger partial charge is 0.548 e. The van der Waals surface area contributed by atoms with Crippen LogP contribution in [0.4, 0.5) is 0 Å². The van der Waals surface area contributed by atoms with E-state index in [1.807, 2.05) is 24.3 Å². The summed E-state index contributed by atoms with van der Waals surface area (Å²) in [6.07, 6.45) is 0.153. The maximum absolute atomic E-state index is 12.6. The Labute approximate surface area is 153 Å². The molecule has 1 aromatic carbocycles. The van der Waals surface area contributed by atoms with E-state index in [1.165, 1.54) is 16.2 Å². The normalized spacial score (nSPS) is 14.5. The van der Waals surface area contributed by atoms with E-state index in [9.17, 15) is 14.7 Å². The first-order valence-corrected chi connectivity index (χ1v) is 8.08. The molecule has 0 fully saturated rings. The minimum atomic E-state index is -1.26. The van der Waals surface area contributed by atoms with E-state index in [4.69, 9.17) is 0 Å². The summed E-state index contributed by atoms with van der Waals surface area (Å²) < 4.78 is 0. The zero-order valence-corrected chi connectivity index (χ0v) is 13.8. The number of carbonyl (C=O) groups is 2. The molecular weight excluding hydrogens is 321 g/mol. The average molecular weight is 333 g/mol. The maximum Gasteiger partial charge on any atom is 1.00 e. The predicted molar refractivity (Wildman–Crippen MR) is 82.8 cm³/mol. The van der Waals surface area contributed by atoms with E-state index in [0.717, 1.165) is 16.5 Å². The molecule has 24 heavy (non-hydrogen) atoms. The third-order valence-electron chi connectivity index (χ3n) is 4.15. The molecule has 2 aromatic heterocycles. The van der Waals surface area contributed by atoms with Crippen LogP contribution in [0.1, 0.15) is 21.7 Å². The van der Waals surface area contributed by atoms with Crippen molar-refractivity contribution in [2.24, 2.45) is 0 Å². The fraction of sp³-hybridized carbons (Fsp3) is 0.188. The van der Waals surface area contributed by atoms with Gasteiger partial charge in [-0.05, 0) is 6.07 Å². The molecule has 6 nitrogen and oxygen atoms in total. The Bertz CT molecular complexity index is 907. The van der Waals surface area contributed by atoms with Gasteiger partial charge in [-0.1, -0.05) is 18.2 Å². The largest absolute Gasteiger partial charge is 1.00 e. The third kappa shape index (κ3) is 2.65. The maximum atomic E-state index is 12.6. The molecule has 0 aliphatic carbocycles. The molecule has 0 radical (unpaired) electrons. The van der Waals surface area contributed by atoms with Gasteiger partial charge in [0.1, 0.15) is 5.69 Å². The summed E-state index contributed by atoms with van der Waals surface area (Å²) in [5.41, 5.74) is 4.49. The van der Waals surface area contributed by atoms with Gasteiger partial charge in [-0.15, -0.1) is 11.3 Å². The average Bonchev–Trinajstić information content (AvgIpc) is 3.23. The van der Waals surface area contributed by atoms with Gasteiger partial charge in [0.15, 0.2) is 0 Å². The number of nitrogens with one attached hydrogen (secondary N) is 1. The van der Waals surface area contributed by atoms with Crippen molar-refractivity contribution < 1.29 is 33.6 Å². The number of thiazole rings is 1. The quantitative estimate of drug-likeness (QED) is 0.557. The molecular formula is C16H12LiN3O3S. The van der Waals surface area contributed by atoms with Crippen molar-refractivity contribution in [2.45, 2.75) is 19.0 Å². The van der Waals surface area contributed by atoms with Gasteiger partial charge in [-0.2, -0.15) is 0 Å². The summed E-state index contributed by atoms with van der Waals surface area (Å²) in [7, 11) is 0. The Balaban J connectivity index is 0.00000169. The molecule has 0 bridgehead atoms. The number of benzene rings is 1. The van der Waals surface area contributed by atoms with Gasteiger partial charge in [0.05, 0.1) is 23.2 Å². The number of carbonyl (C=O) groups excluding carboxylic acids is 2. The number of rotatable bonds is 4. The number of aromatic nitrogens is 2. The van der Waals surface area contributed by atoms with Crippen molar-refractivity contribution in [3.8, 4) is 0 Å². The SMILES string of the molecule is O=C([O-])C(Cc1cscn1)N1Cc2c([nH]c3ccccc23)C1=O.[Li+]. The minimum Gasteiger partial charge on any atom is -0.548 e. The Morgan fingerprint density at radius 2 is 2.21 bits per heavy atom. The number of nitrogens with zero attached hydrogens (tertiary/aromatic N) is 2. The van der Waals surface area contributed by atoms with Crippen LogP contribution in [0.5, 0.6) is 0 Å². The first kappa shape index (κ1) is 16.8. The minimum absolute atomic E-state index is 0. The first-order valence-electron chi connectivity index (χ1n) is 7.13. The molecule has 1 N–H and O–H groups in total. The molecule has 8 heteroatoms. The van der Waals surface area contributed by atoms with Gasteiger partial charge < -0.3 is 19.8 Å². The Kier molecular flexibility index (Phi) is 4.50. The molecule has 1 unspecified atom stereocenters. The summed E-state index contributed by atoms with van der Waals surface area (Å²) in [5.74, 6) is -1.57. The second-order valence-corrected chi connectivity index (χ2v) is 6.19. The molecule has 1 aliphatic heterocycles. The van der Waals surface area contributed by atoms with E-state index >= 15 is 0 Å². The van der Waals surface area contributed by atoms with Crippen LogP contribution < -0.4 is 24.0 Å². The van der Waals surface area contributed by atoms with Crippen molar-refractivity contribution in [1.82, 2.24) is 14.9 Å². The molecule has 3 heterocycles. The monoisotopic (exact) mass is 333 g/mol. The number of fused-ring (bicyclic) bond motifs is 3. The van der Waals surface area contributed by atoms with Crippen LogP contribution in [-0.2, 0) is 17.8 Å². The van der Waals surface area contributed by atoms with Crippen LogP contribution in [0, 0.1) is 0 Å². The number of H-pyrrole nitrogens is 1. The van der Waals surface area contributed by atoms with E-state index in [0.29, 0.717) is 11.4 Å². The summed E-state index contributed by atoms with van der Waals surface area (Å²) in [6, 6.07) is 6.59.